The van der Waals surface area contributed by atoms with Crippen molar-refractivity contribution in [1.29, 1.82) is 0 Å². The molecule has 1 saturated heterocycles. The molecule has 5 rings (SSSR count). The fourth-order valence-corrected chi connectivity index (χ4v) is 4.63. The maximum Gasteiger partial charge on any atom is 0.276 e. The highest BCUT2D eigenvalue weighted by molar-refractivity contribution is 7.10. The zero-order valence-corrected chi connectivity index (χ0v) is 15.9. The van der Waals surface area contributed by atoms with Crippen LogP contribution in [-0.2, 0) is 4.79 Å². The summed E-state index contributed by atoms with van der Waals surface area (Å²) in [5, 5.41) is 5.93. The Kier molecular flexibility index (Phi) is 4.27. The molecule has 2 aliphatic rings. The molecule has 2 fully saturated rings. The summed E-state index contributed by atoms with van der Waals surface area (Å²) in [6, 6.07) is 9.23. The topological polar surface area (TPSA) is 79.8 Å². The number of carbonyl (C=O) groups is 2. The second-order valence-corrected chi connectivity index (χ2v) is 8.11. The van der Waals surface area contributed by atoms with Gasteiger partial charge in [-0.1, -0.05) is 11.2 Å². The minimum absolute atomic E-state index is 0.104. The molecular formula is C20H19N3O4S. The third-order valence-electron chi connectivity index (χ3n) is 5.39. The Morgan fingerprint density at radius 1 is 1.07 bits per heavy atom. The van der Waals surface area contributed by atoms with Gasteiger partial charge < -0.3 is 18.7 Å². The van der Waals surface area contributed by atoms with E-state index in [2.05, 4.69) is 16.6 Å². The van der Waals surface area contributed by atoms with Crippen LogP contribution >= 0.6 is 11.3 Å². The molecule has 0 bridgehead atoms. The predicted molar refractivity (Wildman–Crippen MR) is 102 cm³/mol. The van der Waals surface area contributed by atoms with Gasteiger partial charge in [0, 0.05) is 49.0 Å². The average Bonchev–Trinajstić information content (AvgIpc) is 3.21. The minimum Gasteiger partial charge on any atom is -0.461 e. The first kappa shape index (κ1) is 17.2. The Bertz CT molecular complexity index is 971. The first-order chi connectivity index (χ1) is 13.7. The van der Waals surface area contributed by atoms with Crippen molar-refractivity contribution in [2.24, 2.45) is 5.92 Å². The van der Waals surface area contributed by atoms with Crippen molar-refractivity contribution in [3.05, 3.63) is 52.5 Å². The maximum absolute atomic E-state index is 12.7. The Labute approximate surface area is 165 Å². The quantitative estimate of drug-likeness (QED) is 0.676. The van der Waals surface area contributed by atoms with Crippen LogP contribution in [0.15, 0.2) is 50.9 Å². The summed E-state index contributed by atoms with van der Waals surface area (Å²) < 4.78 is 10.5. The van der Waals surface area contributed by atoms with Crippen LogP contribution in [0.3, 0.4) is 0 Å². The van der Waals surface area contributed by atoms with E-state index in [0.29, 0.717) is 43.6 Å². The van der Waals surface area contributed by atoms with Gasteiger partial charge >= 0.3 is 0 Å². The SMILES string of the molecule is O=C(c1cc(-c2ccco2)on1)N1CCN(C(=O)C2CC2c2cccs2)CC1. The van der Waals surface area contributed by atoms with Gasteiger partial charge in [-0.2, -0.15) is 0 Å². The summed E-state index contributed by atoms with van der Waals surface area (Å²) >= 11 is 1.72. The lowest BCUT2D eigenvalue weighted by Gasteiger charge is -2.34. The van der Waals surface area contributed by atoms with Gasteiger partial charge in [-0.3, -0.25) is 9.59 Å². The van der Waals surface area contributed by atoms with Crippen molar-refractivity contribution in [2.75, 3.05) is 26.2 Å². The molecule has 8 heteroatoms. The molecule has 0 radical (unpaired) electrons. The van der Waals surface area contributed by atoms with E-state index < -0.39 is 0 Å². The summed E-state index contributed by atoms with van der Waals surface area (Å²) in [5.74, 6) is 1.47. The Hall–Kier alpha value is -2.87. The first-order valence-electron chi connectivity index (χ1n) is 9.33. The number of hydrogen-bond acceptors (Lipinski definition) is 6. The third kappa shape index (κ3) is 3.13. The van der Waals surface area contributed by atoms with Gasteiger partial charge in [-0.15, -0.1) is 11.3 Å². The molecule has 2 amide bonds. The number of rotatable bonds is 4. The van der Waals surface area contributed by atoms with Crippen molar-refractivity contribution >= 4 is 23.2 Å². The summed E-state index contributed by atoms with van der Waals surface area (Å²) in [5.41, 5.74) is 0.256. The molecule has 144 valence electrons. The van der Waals surface area contributed by atoms with E-state index >= 15 is 0 Å². The molecule has 0 N–H and O–H groups in total. The van der Waals surface area contributed by atoms with E-state index in [9.17, 15) is 9.59 Å². The Morgan fingerprint density at radius 2 is 1.89 bits per heavy atom. The van der Waals surface area contributed by atoms with Crippen molar-refractivity contribution in [3.63, 3.8) is 0 Å². The van der Waals surface area contributed by atoms with Crippen LogP contribution in [0.5, 0.6) is 0 Å². The number of nitrogens with zero attached hydrogens (tertiary/aromatic N) is 3. The van der Waals surface area contributed by atoms with Crippen LogP contribution in [0.2, 0.25) is 0 Å². The lowest BCUT2D eigenvalue weighted by Crippen LogP contribution is -2.51. The highest BCUT2D eigenvalue weighted by atomic mass is 32.1. The molecule has 3 aromatic rings. The van der Waals surface area contributed by atoms with E-state index in [1.807, 2.05) is 11.0 Å². The van der Waals surface area contributed by atoms with Gasteiger partial charge in [-0.25, -0.2) is 0 Å². The number of aromatic nitrogens is 1. The summed E-state index contributed by atoms with van der Waals surface area (Å²) in [7, 11) is 0. The Balaban J connectivity index is 1.17. The third-order valence-corrected chi connectivity index (χ3v) is 6.39. The number of amides is 2. The number of hydrogen-bond donors (Lipinski definition) is 0. The van der Waals surface area contributed by atoms with Gasteiger partial charge in [-0.05, 0) is 30.0 Å². The molecule has 7 nitrogen and oxygen atoms in total. The van der Waals surface area contributed by atoms with Crippen molar-refractivity contribution in [2.45, 2.75) is 12.3 Å². The molecule has 4 heterocycles. The summed E-state index contributed by atoms with van der Waals surface area (Å²) in [4.78, 5) is 30.3. The van der Waals surface area contributed by atoms with E-state index in [1.54, 1.807) is 40.7 Å². The molecule has 3 aromatic heterocycles. The van der Waals surface area contributed by atoms with E-state index in [-0.39, 0.29) is 23.4 Å². The molecule has 1 aliphatic heterocycles. The zero-order valence-electron chi connectivity index (χ0n) is 15.1. The standard InChI is InChI=1S/C20H19N3O4S/c24-19(14-11-13(14)18-4-2-10-28-18)22-5-7-23(8-6-22)20(25)15-12-17(27-21-15)16-3-1-9-26-16/h1-4,9-10,12-14H,5-8,11H2. The molecule has 0 spiro atoms. The molecule has 0 aromatic carbocycles. The molecule has 1 saturated carbocycles. The van der Waals surface area contributed by atoms with Crippen LogP contribution in [-0.4, -0.2) is 52.9 Å². The molecule has 2 unspecified atom stereocenters. The highest BCUT2D eigenvalue weighted by Crippen LogP contribution is 2.50. The first-order valence-corrected chi connectivity index (χ1v) is 10.2. The van der Waals surface area contributed by atoms with Crippen LogP contribution in [0.1, 0.15) is 27.7 Å². The van der Waals surface area contributed by atoms with Crippen molar-refractivity contribution < 1.29 is 18.5 Å². The second-order valence-electron chi connectivity index (χ2n) is 7.14. The van der Waals surface area contributed by atoms with Gasteiger partial charge in [0.15, 0.2) is 11.5 Å². The second kappa shape index (κ2) is 6.94. The van der Waals surface area contributed by atoms with Crippen LogP contribution < -0.4 is 0 Å². The molecule has 28 heavy (non-hydrogen) atoms. The number of furan rings is 1. The van der Waals surface area contributed by atoms with Crippen molar-refractivity contribution in [1.82, 2.24) is 15.0 Å². The van der Waals surface area contributed by atoms with Crippen LogP contribution in [0.25, 0.3) is 11.5 Å². The van der Waals surface area contributed by atoms with Crippen LogP contribution in [0.4, 0.5) is 0 Å². The summed E-state index contributed by atoms with van der Waals surface area (Å²) in [6.45, 7) is 2.12. The number of piperazine rings is 1. The van der Waals surface area contributed by atoms with Gasteiger partial charge in [0.2, 0.25) is 11.7 Å². The molecular weight excluding hydrogens is 378 g/mol. The number of carbonyl (C=O) groups excluding carboxylic acids is 2. The smallest absolute Gasteiger partial charge is 0.276 e. The zero-order chi connectivity index (χ0) is 19.1. The van der Waals surface area contributed by atoms with Gasteiger partial charge in [0.1, 0.15) is 0 Å². The average molecular weight is 397 g/mol. The molecule has 2 atom stereocenters. The number of thiophene rings is 1. The fourth-order valence-electron chi connectivity index (χ4n) is 3.72. The predicted octanol–water partition coefficient (Wildman–Crippen LogP) is 3.08. The summed E-state index contributed by atoms with van der Waals surface area (Å²) in [6.07, 6.45) is 2.48. The highest BCUT2D eigenvalue weighted by Gasteiger charge is 2.46. The minimum atomic E-state index is -0.184. The fraction of sp³-hybridized carbons (Fsp3) is 0.350. The lowest BCUT2D eigenvalue weighted by molar-refractivity contribution is -0.134. The van der Waals surface area contributed by atoms with Crippen molar-refractivity contribution in [3.8, 4) is 11.5 Å². The lowest BCUT2D eigenvalue weighted by atomic mass is 10.2. The van der Waals surface area contributed by atoms with Gasteiger partial charge in [0.05, 0.1) is 6.26 Å². The van der Waals surface area contributed by atoms with Gasteiger partial charge in [0.25, 0.3) is 5.91 Å². The Morgan fingerprint density at radius 3 is 2.61 bits per heavy atom. The normalized spacial score (nSPS) is 21.7. The van der Waals surface area contributed by atoms with E-state index in [1.165, 1.54) is 4.88 Å². The monoisotopic (exact) mass is 397 g/mol. The van der Waals surface area contributed by atoms with E-state index in [4.69, 9.17) is 8.94 Å². The van der Waals surface area contributed by atoms with E-state index in [0.717, 1.165) is 6.42 Å². The molecule has 1 aliphatic carbocycles. The largest absolute Gasteiger partial charge is 0.461 e. The van der Waals surface area contributed by atoms with Crippen LogP contribution in [0, 0.1) is 5.92 Å². The maximum atomic E-state index is 12.7.